The van der Waals surface area contributed by atoms with Crippen LogP contribution in [0.4, 0.5) is 0 Å². The number of aryl methyl sites for hydroxylation is 2. The van der Waals surface area contributed by atoms with E-state index in [0.29, 0.717) is 0 Å². The maximum absolute atomic E-state index is 12.0. The molecule has 0 saturated carbocycles. The predicted molar refractivity (Wildman–Crippen MR) is 80.8 cm³/mol. The van der Waals surface area contributed by atoms with E-state index in [1.54, 1.807) is 0 Å². The summed E-state index contributed by atoms with van der Waals surface area (Å²) in [7, 11) is 0. The quantitative estimate of drug-likeness (QED) is 0.854. The first-order chi connectivity index (χ1) is 9.63. The van der Waals surface area contributed by atoms with E-state index in [0.717, 1.165) is 32.7 Å². The number of fused-ring (bicyclic) bond motifs is 1. The number of thiazole rings is 1. The summed E-state index contributed by atoms with van der Waals surface area (Å²) >= 11 is 1.89. The van der Waals surface area contributed by atoms with Gasteiger partial charge in [-0.25, -0.2) is 4.98 Å². The Bertz CT molecular complexity index is 468. The van der Waals surface area contributed by atoms with E-state index in [-0.39, 0.29) is 11.8 Å². The van der Waals surface area contributed by atoms with Crippen LogP contribution in [0, 0.1) is 5.92 Å². The maximum Gasteiger partial charge on any atom is 0.225 e. The minimum atomic E-state index is 0.114. The van der Waals surface area contributed by atoms with Crippen LogP contribution in [-0.2, 0) is 24.2 Å². The molecule has 4 nitrogen and oxygen atoms in total. The van der Waals surface area contributed by atoms with Gasteiger partial charge in [-0.2, -0.15) is 0 Å². The van der Waals surface area contributed by atoms with Gasteiger partial charge in [0.25, 0.3) is 0 Å². The fourth-order valence-electron chi connectivity index (χ4n) is 2.99. The number of rotatable bonds is 3. The Morgan fingerprint density at radius 3 is 2.65 bits per heavy atom. The maximum atomic E-state index is 12.0. The van der Waals surface area contributed by atoms with Crippen molar-refractivity contribution in [1.82, 2.24) is 14.8 Å². The van der Waals surface area contributed by atoms with Gasteiger partial charge in [0.2, 0.25) is 5.91 Å². The van der Waals surface area contributed by atoms with Crippen molar-refractivity contribution in [2.45, 2.75) is 39.7 Å². The second kappa shape index (κ2) is 5.82. The molecule has 1 aliphatic heterocycles. The van der Waals surface area contributed by atoms with Gasteiger partial charge in [0.1, 0.15) is 5.01 Å². The molecule has 1 saturated heterocycles. The molecular weight excluding hydrogens is 270 g/mol. The lowest BCUT2D eigenvalue weighted by molar-refractivity contribution is -0.136. The van der Waals surface area contributed by atoms with Gasteiger partial charge >= 0.3 is 0 Å². The van der Waals surface area contributed by atoms with E-state index < -0.39 is 0 Å². The molecule has 1 aliphatic carbocycles. The average Bonchev–Trinajstić information content (AvgIpc) is 2.99. The molecule has 0 bridgehead atoms. The molecule has 2 heterocycles. The molecule has 0 aromatic carbocycles. The second-order valence-electron chi connectivity index (χ2n) is 6.09. The SMILES string of the molecule is CC(C)C(=O)N1CCN(Cc2nc3c(s2)CCC3)CC1. The van der Waals surface area contributed by atoms with Gasteiger partial charge in [-0.05, 0) is 19.3 Å². The van der Waals surface area contributed by atoms with E-state index >= 15 is 0 Å². The van der Waals surface area contributed by atoms with Crippen LogP contribution in [0.25, 0.3) is 0 Å². The molecule has 2 aliphatic rings. The Hall–Kier alpha value is -0.940. The minimum Gasteiger partial charge on any atom is -0.340 e. The summed E-state index contributed by atoms with van der Waals surface area (Å²) in [5, 5.41) is 1.26. The van der Waals surface area contributed by atoms with Gasteiger partial charge in [0, 0.05) is 37.0 Å². The summed E-state index contributed by atoms with van der Waals surface area (Å²) in [5.41, 5.74) is 1.35. The van der Waals surface area contributed by atoms with Crippen LogP contribution < -0.4 is 0 Å². The van der Waals surface area contributed by atoms with Crippen molar-refractivity contribution in [3.63, 3.8) is 0 Å². The molecule has 0 N–H and O–H groups in total. The van der Waals surface area contributed by atoms with Crippen LogP contribution in [-0.4, -0.2) is 46.9 Å². The van der Waals surface area contributed by atoms with Gasteiger partial charge in [-0.3, -0.25) is 9.69 Å². The number of carbonyl (C=O) groups is 1. The highest BCUT2D eigenvalue weighted by Crippen LogP contribution is 2.28. The normalized spacial score (nSPS) is 19.6. The van der Waals surface area contributed by atoms with Crippen LogP contribution >= 0.6 is 11.3 Å². The fraction of sp³-hybridized carbons (Fsp3) is 0.733. The third kappa shape index (κ3) is 2.88. The Morgan fingerprint density at radius 1 is 1.25 bits per heavy atom. The summed E-state index contributed by atoms with van der Waals surface area (Å²) in [6.45, 7) is 8.59. The predicted octanol–water partition coefficient (Wildman–Crippen LogP) is 1.93. The minimum absolute atomic E-state index is 0.114. The summed E-state index contributed by atoms with van der Waals surface area (Å²) in [4.78, 5) is 22.7. The Kier molecular flexibility index (Phi) is 4.08. The highest BCUT2D eigenvalue weighted by Gasteiger charge is 2.24. The standard InChI is InChI=1S/C15H23N3OS/c1-11(2)15(19)18-8-6-17(7-9-18)10-14-16-12-4-3-5-13(12)20-14/h11H,3-10H2,1-2H3. The van der Waals surface area contributed by atoms with Crippen molar-refractivity contribution in [1.29, 1.82) is 0 Å². The molecule has 1 amide bonds. The molecule has 0 spiro atoms. The third-order valence-electron chi connectivity index (χ3n) is 4.18. The lowest BCUT2D eigenvalue weighted by Gasteiger charge is -2.35. The van der Waals surface area contributed by atoms with Gasteiger partial charge in [-0.1, -0.05) is 13.8 Å². The first-order valence-corrected chi connectivity index (χ1v) is 8.43. The summed E-state index contributed by atoms with van der Waals surface area (Å²) in [5.74, 6) is 0.404. The summed E-state index contributed by atoms with van der Waals surface area (Å²) in [6.07, 6.45) is 3.68. The molecular formula is C15H23N3OS. The lowest BCUT2D eigenvalue weighted by atomic mass is 10.1. The first-order valence-electron chi connectivity index (χ1n) is 7.62. The summed E-state index contributed by atoms with van der Waals surface area (Å²) < 4.78 is 0. The number of hydrogen-bond acceptors (Lipinski definition) is 4. The average molecular weight is 293 g/mol. The number of carbonyl (C=O) groups excluding carboxylic acids is 1. The molecule has 20 heavy (non-hydrogen) atoms. The van der Waals surface area contributed by atoms with E-state index in [2.05, 4.69) is 4.90 Å². The zero-order chi connectivity index (χ0) is 14.1. The Balaban J connectivity index is 1.52. The molecule has 5 heteroatoms. The highest BCUT2D eigenvalue weighted by molar-refractivity contribution is 7.11. The molecule has 0 atom stereocenters. The smallest absolute Gasteiger partial charge is 0.225 e. The molecule has 1 fully saturated rings. The molecule has 3 rings (SSSR count). The molecule has 110 valence electrons. The fourth-order valence-corrected chi connectivity index (χ4v) is 4.19. The Morgan fingerprint density at radius 2 is 2.00 bits per heavy atom. The molecule has 0 unspecified atom stereocenters. The van der Waals surface area contributed by atoms with Crippen LogP contribution in [0.3, 0.4) is 0 Å². The van der Waals surface area contributed by atoms with Crippen molar-refractivity contribution in [3.05, 3.63) is 15.6 Å². The third-order valence-corrected chi connectivity index (χ3v) is 5.32. The Labute approximate surface area is 124 Å². The zero-order valence-corrected chi connectivity index (χ0v) is 13.2. The van der Waals surface area contributed by atoms with E-state index in [1.165, 1.54) is 34.8 Å². The monoisotopic (exact) mass is 293 g/mol. The van der Waals surface area contributed by atoms with Crippen molar-refractivity contribution in [3.8, 4) is 0 Å². The van der Waals surface area contributed by atoms with Crippen LogP contribution in [0.5, 0.6) is 0 Å². The number of nitrogens with zero attached hydrogens (tertiary/aromatic N) is 3. The molecule has 1 aromatic rings. The summed E-state index contributed by atoms with van der Waals surface area (Å²) in [6, 6.07) is 0. The van der Waals surface area contributed by atoms with E-state index in [4.69, 9.17) is 4.98 Å². The molecule has 1 aromatic heterocycles. The molecule has 0 radical (unpaired) electrons. The van der Waals surface area contributed by atoms with Gasteiger partial charge in [0.05, 0.1) is 12.2 Å². The first kappa shape index (κ1) is 14.0. The van der Waals surface area contributed by atoms with Crippen molar-refractivity contribution >= 4 is 17.2 Å². The number of aromatic nitrogens is 1. The number of piperazine rings is 1. The van der Waals surface area contributed by atoms with Crippen LogP contribution in [0.15, 0.2) is 0 Å². The lowest BCUT2D eigenvalue weighted by Crippen LogP contribution is -2.49. The van der Waals surface area contributed by atoms with Gasteiger partial charge in [-0.15, -0.1) is 11.3 Å². The number of amides is 1. The van der Waals surface area contributed by atoms with Crippen molar-refractivity contribution < 1.29 is 4.79 Å². The van der Waals surface area contributed by atoms with E-state index in [1.807, 2.05) is 30.1 Å². The second-order valence-corrected chi connectivity index (χ2v) is 7.26. The largest absolute Gasteiger partial charge is 0.340 e. The zero-order valence-electron chi connectivity index (χ0n) is 12.4. The van der Waals surface area contributed by atoms with Gasteiger partial charge in [0.15, 0.2) is 0 Å². The highest BCUT2D eigenvalue weighted by atomic mass is 32.1. The van der Waals surface area contributed by atoms with E-state index in [9.17, 15) is 4.79 Å². The van der Waals surface area contributed by atoms with Gasteiger partial charge < -0.3 is 4.90 Å². The number of hydrogen-bond donors (Lipinski definition) is 0. The topological polar surface area (TPSA) is 36.4 Å². The van der Waals surface area contributed by atoms with Crippen molar-refractivity contribution in [2.24, 2.45) is 5.92 Å². The van der Waals surface area contributed by atoms with Crippen LogP contribution in [0.2, 0.25) is 0 Å². The van der Waals surface area contributed by atoms with Crippen molar-refractivity contribution in [2.75, 3.05) is 26.2 Å². The van der Waals surface area contributed by atoms with Crippen LogP contribution in [0.1, 0.15) is 35.8 Å².